The van der Waals surface area contributed by atoms with Crippen LogP contribution in [-0.2, 0) is 0 Å². The Labute approximate surface area is 126 Å². The number of nitrogens with one attached hydrogen (secondary N) is 1. The minimum atomic E-state index is -1.11. The van der Waals surface area contributed by atoms with Crippen LogP contribution in [-0.4, -0.2) is 16.2 Å². The van der Waals surface area contributed by atoms with Crippen LogP contribution in [0.2, 0.25) is 5.02 Å². The molecule has 1 amide bonds. The minimum Gasteiger partial charge on any atom is -0.465 e. The van der Waals surface area contributed by atoms with E-state index in [9.17, 15) is 4.79 Å². The molecule has 0 aliphatic heterocycles. The highest BCUT2D eigenvalue weighted by molar-refractivity contribution is 6.31. The minimum absolute atomic E-state index is 0.496. The quantitative estimate of drug-likeness (QED) is 0.724. The van der Waals surface area contributed by atoms with E-state index in [0.29, 0.717) is 10.7 Å². The lowest BCUT2D eigenvalue weighted by Crippen LogP contribution is -2.08. The van der Waals surface area contributed by atoms with Gasteiger partial charge in [0, 0.05) is 22.2 Å². The first-order valence-corrected chi connectivity index (χ1v) is 6.66. The van der Waals surface area contributed by atoms with Crippen molar-refractivity contribution in [3.05, 3.63) is 59.8 Å². The molecule has 4 nitrogen and oxygen atoms in total. The number of carboxylic acid groups (broad SMARTS) is 1. The molecule has 0 spiro atoms. The molecule has 104 valence electrons. The number of aromatic nitrogens is 1. The van der Waals surface area contributed by atoms with Gasteiger partial charge in [-0.1, -0.05) is 23.7 Å². The molecule has 0 aliphatic carbocycles. The zero-order valence-corrected chi connectivity index (χ0v) is 11.6. The second-order valence-corrected chi connectivity index (χ2v) is 4.97. The molecular formula is C16H11ClN2O2. The van der Waals surface area contributed by atoms with E-state index >= 15 is 0 Å². The van der Waals surface area contributed by atoms with Crippen molar-refractivity contribution in [2.24, 2.45) is 0 Å². The zero-order chi connectivity index (χ0) is 14.8. The second kappa shape index (κ2) is 5.42. The number of hydrogen-bond acceptors (Lipinski definition) is 2. The molecule has 0 saturated carbocycles. The Kier molecular flexibility index (Phi) is 3.46. The summed E-state index contributed by atoms with van der Waals surface area (Å²) < 4.78 is 0. The fraction of sp³-hybridized carbons (Fsp3) is 0. The van der Waals surface area contributed by atoms with Crippen molar-refractivity contribution in [1.29, 1.82) is 0 Å². The molecule has 1 heterocycles. The molecule has 2 N–H and O–H groups in total. The predicted octanol–water partition coefficient (Wildman–Crippen LogP) is 4.65. The third-order valence-electron chi connectivity index (χ3n) is 3.14. The number of benzene rings is 2. The highest BCUT2D eigenvalue weighted by Gasteiger charge is 2.09. The molecule has 0 radical (unpaired) electrons. The van der Waals surface area contributed by atoms with Crippen LogP contribution in [0.1, 0.15) is 0 Å². The summed E-state index contributed by atoms with van der Waals surface area (Å²) in [6.45, 7) is 0. The van der Waals surface area contributed by atoms with Gasteiger partial charge in [0.25, 0.3) is 0 Å². The zero-order valence-electron chi connectivity index (χ0n) is 10.9. The molecular weight excluding hydrogens is 288 g/mol. The average molecular weight is 299 g/mol. The van der Waals surface area contributed by atoms with Crippen LogP contribution in [0, 0.1) is 0 Å². The summed E-state index contributed by atoms with van der Waals surface area (Å²) in [5.41, 5.74) is 2.99. The molecule has 0 atom stereocenters. The van der Waals surface area contributed by atoms with Crippen molar-refractivity contribution in [2.75, 3.05) is 5.32 Å². The van der Waals surface area contributed by atoms with Gasteiger partial charge in [0.1, 0.15) is 0 Å². The molecule has 1 aromatic heterocycles. The maximum absolute atomic E-state index is 10.9. The van der Waals surface area contributed by atoms with Gasteiger partial charge in [-0.25, -0.2) is 4.79 Å². The molecule has 0 bridgehead atoms. The van der Waals surface area contributed by atoms with Crippen LogP contribution in [0.15, 0.2) is 54.7 Å². The smallest absolute Gasteiger partial charge is 0.409 e. The molecule has 0 unspecified atom stereocenters. The molecule has 2 aromatic carbocycles. The number of pyridine rings is 1. The van der Waals surface area contributed by atoms with Gasteiger partial charge >= 0.3 is 6.09 Å². The summed E-state index contributed by atoms with van der Waals surface area (Å²) in [4.78, 5) is 15.2. The van der Waals surface area contributed by atoms with Crippen LogP contribution in [0.25, 0.3) is 22.0 Å². The van der Waals surface area contributed by atoms with Crippen LogP contribution in [0.3, 0.4) is 0 Å². The number of anilines is 1. The van der Waals surface area contributed by atoms with E-state index in [-0.39, 0.29) is 0 Å². The van der Waals surface area contributed by atoms with Crippen LogP contribution >= 0.6 is 11.6 Å². The number of hydrogen-bond donors (Lipinski definition) is 2. The van der Waals surface area contributed by atoms with E-state index in [1.807, 2.05) is 30.3 Å². The summed E-state index contributed by atoms with van der Waals surface area (Å²) in [6, 6.07) is 14.6. The largest absolute Gasteiger partial charge is 0.465 e. The Morgan fingerprint density at radius 1 is 1.14 bits per heavy atom. The van der Waals surface area contributed by atoms with E-state index < -0.39 is 6.09 Å². The molecule has 0 saturated heterocycles. The Morgan fingerprint density at radius 3 is 2.81 bits per heavy atom. The Hall–Kier alpha value is -2.59. The van der Waals surface area contributed by atoms with E-state index in [2.05, 4.69) is 10.3 Å². The van der Waals surface area contributed by atoms with Crippen molar-refractivity contribution >= 4 is 34.3 Å². The van der Waals surface area contributed by atoms with Gasteiger partial charge in [-0.15, -0.1) is 0 Å². The number of halogens is 1. The van der Waals surface area contributed by atoms with Gasteiger partial charge in [-0.05, 0) is 42.0 Å². The lowest BCUT2D eigenvalue weighted by Gasteiger charge is -2.10. The van der Waals surface area contributed by atoms with Crippen molar-refractivity contribution < 1.29 is 9.90 Å². The van der Waals surface area contributed by atoms with Gasteiger partial charge in [-0.2, -0.15) is 0 Å². The first kappa shape index (κ1) is 13.4. The molecule has 3 aromatic rings. The highest BCUT2D eigenvalue weighted by atomic mass is 35.5. The highest BCUT2D eigenvalue weighted by Crippen LogP contribution is 2.32. The number of nitrogens with zero attached hydrogens (tertiary/aromatic N) is 1. The maximum atomic E-state index is 10.9. The van der Waals surface area contributed by atoms with Gasteiger partial charge < -0.3 is 5.11 Å². The average Bonchev–Trinajstić information content (AvgIpc) is 2.48. The van der Waals surface area contributed by atoms with Crippen molar-refractivity contribution in [2.45, 2.75) is 0 Å². The summed E-state index contributed by atoms with van der Waals surface area (Å²) in [7, 11) is 0. The van der Waals surface area contributed by atoms with Crippen molar-refractivity contribution in [3.63, 3.8) is 0 Å². The van der Waals surface area contributed by atoms with Crippen molar-refractivity contribution in [3.8, 4) is 11.1 Å². The predicted molar refractivity (Wildman–Crippen MR) is 83.8 cm³/mol. The van der Waals surface area contributed by atoms with Gasteiger partial charge in [0.15, 0.2) is 0 Å². The van der Waals surface area contributed by atoms with Crippen LogP contribution < -0.4 is 5.32 Å². The number of amides is 1. The van der Waals surface area contributed by atoms with Crippen LogP contribution in [0.5, 0.6) is 0 Å². The molecule has 21 heavy (non-hydrogen) atoms. The Morgan fingerprint density at radius 2 is 2.00 bits per heavy atom. The summed E-state index contributed by atoms with van der Waals surface area (Å²) in [5.74, 6) is 0. The number of rotatable bonds is 2. The Balaban J connectivity index is 2.16. The first-order valence-electron chi connectivity index (χ1n) is 6.28. The lowest BCUT2D eigenvalue weighted by atomic mass is 10.0. The topological polar surface area (TPSA) is 62.2 Å². The van der Waals surface area contributed by atoms with Gasteiger partial charge in [-0.3, -0.25) is 10.3 Å². The summed E-state index contributed by atoms with van der Waals surface area (Å²) >= 11 is 6.03. The SMILES string of the molecule is O=C(O)Nc1ccc(Cl)cc1-c1ccc2ncccc2c1. The fourth-order valence-corrected chi connectivity index (χ4v) is 2.39. The fourth-order valence-electron chi connectivity index (χ4n) is 2.22. The Bertz CT molecular complexity index is 833. The monoisotopic (exact) mass is 298 g/mol. The summed E-state index contributed by atoms with van der Waals surface area (Å²) in [6.07, 6.45) is 0.625. The number of fused-ring (bicyclic) bond motifs is 1. The standard InChI is InChI=1S/C16H11ClN2O2/c17-12-4-6-15(19-16(20)21)13(9-12)10-3-5-14-11(8-10)2-1-7-18-14/h1-9,19H,(H,20,21). The number of carbonyl (C=O) groups is 1. The van der Waals surface area contributed by atoms with Crippen molar-refractivity contribution in [1.82, 2.24) is 4.98 Å². The summed E-state index contributed by atoms with van der Waals surface area (Å²) in [5, 5.41) is 12.8. The molecule has 0 fully saturated rings. The first-order chi connectivity index (χ1) is 10.1. The normalized spacial score (nSPS) is 10.5. The van der Waals surface area contributed by atoms with E-state index in [1.54, 1.807) is 24.4 Å². The van der Waals surface area contributed by atoms with E-state index in [0.717, 1.165) is 22.0 Å². The maximum Gasteiger partial charge on any atom is 0.409 e. The van der Waals surface area contributed by atoms with E-state index in [1.165, 1.54) is 0 Å². The third-order valence-corrected chi connectivity index (χ3v) is 3.37. The lowest BCUT2D eigenvalue weighted by molar-refractivity contribution is 0.210. The van der Waals surface area contributed by atoms with Gasteiger partial charge in [0.05, 0.1) is 11.2 Å². The molecule has 5 heteroatoms. The van der Waals surface area contributed by atoms with Crippen LogP contribution in [0.4, 0.5) is 10.5 Å². The third kappa shape index (κ3) is 2.80. The van der Waals surface area contributed by atoms with Gasteiger partial charge in [0.2, 0.25) is 0 Å². The molecule has 0 aliphatic rings. The van der Waals surface area contributed by atoms with E-state index in [4.69, 9.17) is 16.7 Å². The second-order valence-electron chi connectivity index (χ2n) is 4.53. The molecule has 3 rings (SSSR count).